The maximum atomic E-state index is 12.9. The fourth-order valence-corrected chi connectivity index (χ4v) is 4.57. The number of anilines is 2. The Morgan fingerprint density at radius 3 is 2.71 bits per heavy atom. The molecule has 0 unspecified atom stereocenters. The zero-order chi connectivity index (χ0) is 21.2. The number of amides is 1. The third-order valence-electron chi connectivity index (χ3n) is 5.28. The van der Waals surface area contributed by atoms with E-state index < -0.39 is 0 Å². The molecule has 0 radical (unpaired) electrons. The molecule has 0 bridgehead atoms. The van der Waals surface area contributed by atoms with Crippen LogP contribution in [0.1, 0.15) is 33.8 Å². The van der Waals surface area contributed by atoms with Gasteiger partial charge in [-0.05, 0) is 42.8 Å². The molecule has 3 heterocycles. The molecule has 4 aromatic rings. The number of para-hydroxylation sites is 1. The largest absolute Gasteiger partial charge is 0.437 e. The van der Waals surface area contributed by atoms with Gasteiger partial charge in [0.25, 0.3) is 5.91 Å². The molecular weight excluding hydrogens is 406 g/mol. The summed E-state index contributed by atoms with van der Waals surface area (Å²) in [5.74, 6) is 1.28. The molecule has 0 spiro atoms. The molecule has 5 rings (SSSR count). The Morgan fingerprint density at radius 2 is 1.84 bits per heavy atom. The number of rotatable bonds is 4. The Labute approximate surface area is 185 Å². The van der Waals surface area contributed by atoms with Crippen molar-refractivity contribution in [2.45, 2.75) is 19.5 Å². The van der Waals surface area contributed by atoms with E-state index in [9.17, 15) is 4.79 Å². The van der Waals surface area contributed by atoms with Gasteiger partial charge in [0.1, 0.15) is 11.4 Å². The Bertz CT molecular complexity index is 1220. The zero-order valence-corrected chi connectivity index (χ0v) is 17.8. The molecule has 1 aliphatic rings. The van der Waals surface area contributed by atoms with E-state index in [1.54, 1.807) is 6.20 Å². The molecular formula is C25H21N3O2S. The first-order valence-electron chi connectivity index (χ1n) is 10.1. The highest BCUT2D eigenvalue weighted by atomic mass is 32.1. The van der Waals surface area contributed by atoms with Crippen LogP contribution in [0, 0.1) is 0 Å². The van der Waals surface area contributed by atoms with E-state index in [0.29, 0.717) is 17.3 Å². The van der Waals surface area contributed by atoms with Crippen molar-refractivity contribution in [2.75, 3.05) is 4.90 Å². The van der Waals surface area contributed by atoms with Gasteiger partial charge in [-0.25, -0.2) is 4.98 Å². The molecule has 1 atom stereocenters. The number of fused-ring (bicyclic) bond motifs is 2. The fourth-order valence-electron chi connectivity index (χ4n) is 3.64. The third-order valence-corrected chi connectivity index (χ3v) is 6.39. The topological polar surface area (TPSA) is 54.5 Å². The number of ether oxygens (including phenoxy) is 1. The van der Waals surface area contributed by atoms with E-state index in [-0.39, 0.29) is 11.9 Å². The normalized spacial score (nSPS) is 13.4. The average Bonchev–Trinajstić information content (AvgIpc) is 3.23. The number of nitrogens with zero attached hydrogens (tertiary/aromatic N) is 2. The summed E-state index contributed by atoms with van der Waals surface area (Å²) in [5.41, 5.74) is 3.02. The summed E-state index contributed by atoms with van der Waals surface area (Å²) >= 11 is 1.46. The molecule has 154 valence electrons. The van der Waals surface area contributed by atoms with Crippen molar-refractivity contribution >= 4 is 27.9 Å². The van der Waals surface area contributed by atoms with Crippen LogP contribution in [-0.4, -0.2) is 10.9 Å². The SMILES string of the molecule is C[C@H](NC(=O)c1ccc(N2Cc3ccccc3Oc3ncccc32)s1)c1ccccc1. The molecule has 1 aliphatic heterocycles. The standard InChI is InChI=1S/C25H21N3O2S/c1-17(18-8-3-2-4-9-18)27-24(29)22-13-14-23(31-22)28-16-19-10-5-6-12-21(19)30-25-20(28)11-7-15-26-25/h2-15,17H,16H2,1H3,(H,27,29)/t17-/m0/s1. The summed E-state index contributed by atoms with van der Waals surface area (Å²) in [4.78, 5) is 20.1. The van der Waals surface area contributed by atoms with Gasteiger partial charge in [0.05, 0.1) is 22.5 Å². The minimum atomic E-state index is -0.0783. The van der Waals surface area contributed by atoms with Gasteiger partial charge < -0.3 is 15.0 Å². The van der Waals surface area contributed by atoms with Crippen molar-refractivity contribution in [3.8, 4) is 11.6 Å². The van der Waals surface area contributed by atoms with Gasteiger partial charge in [-0.3, -0.25) is 4.79 Å². The van der Waals surface area contributed by atoms with Crippen LogP contribution >= 0.6 is 11.3 Å². The van der Waals surface area contributed by atoms with Crippen LogP contribution in [0.4, 0.5) is 10.7 Å². The number of hydrogen-bond acceptors (Lipinski definition) is 5. The first kappa shape index (κ1) is 19.3. The van der Waals surface area contributed by atoms with Gasteiger partial charge in [0.15, 0.2) is 0 Å². The second kappa shape index (κ2) is 8.24. The van der Waals surface area contributed by atoms with Gasteiger partial charge in [-0.1, -0.05) is 48.5 Å². The first-order chi connectivity index (χ1) is 15.2. The van der Waals surface area contributed by atoms with E-state index in [2.05, 4.69) is 21.3 Å². The lowest BCUT2D eigenvalue weighted by Crippen LogP contribution is -2.25. The van der Waals surface area contributed by atoms with Crippen LogP contribution in [0.5, 0.6) is 11.6 Å². The Morgan fingerprint density at radius 1 is 1.03 bits per heavy atom. The van der Waals surface area contributed by atoms with E-state index in [4.69, 9.17) is 4.74 Å². The molecule has 0 fully saturated rings. The molecule has 6 heteroatoms. The summed E-state index contributed by atoms with van der Waals surface area (Å²) in [6, 6.07) is 25.6. The van der Waals surface area contributed by atoms with Crippen LogP contribution in [0.15, 0.2) is 85.1 Å². The smallest absolute Gasteiger partial charge is 0.261 e. The van der Waals surface area contributed by atoms with Gasteiger partial charge in [0.2, 0.25) is 5.88 Å². The molecule has 1 N–H and O–H groups in total. The summed E-state index contributed by atoms with van der Waals surface area (Å²) in [5, 5.41) is 4.06. The lowest BCUT2D eigenvalue weighted by atomic mass is 10.1. The number of carbonyl (C=O) groups is 1. The Kier molecular flexibility index (Phi) is 5.14. The number of aromatic nitrogens is 1. The number of hydrogen-bond donors (Lipinski definition) is 1. The van der Waals surface area contributed by atoms with Crippen molar-refractivity contribution in [1.29, 1.82) is 0 Å². The summed E-state index contributed by atoms with van der Waals surface area (Å²) in [7, 11) is 0. The van der Waals surface area contributed by atoms with Crippen molar-refractivity contribution < 1.29 is 9.53 Å². The number of carbonyl (C=O) groups excluding carboxylic acids is 1. The van der Waals surface area contributed by atoms with Gasteiger partial charge in [-0.2, -0.15) is 0 Å². The quantitative estimate of drug-likeness (QED) is 0.429. The average molecular weight is 428 g/mol. The van der Waals surface area contributed by atoms with Crippen LogP contribution in [-0.2, 0) is 6.54 Å². The minimum Gasteiger partial charge on any atom is -0.437 e. The highest BCUT2D eigenvalue weighted by Gasteiger charge is 2.24. The maximum Gasteiger partial charge on any atom is 0.261 e. The Balaban J connectivity index is 1.43. The number of benzene rings is 2. The fraction of sp³-hybridized carbons (Fsp3) is 0.120. The van der Waals surface area contributed by atoms with Crippen molar-refractivity contribution in [1.82, 2.24) is 10.3 Å². The summed E-state index contributed by atoms with van der Waals surface area (Å²) < 4.78 is 6.08. The van der Waals surface area contributed by atoms with E-state index in [0.717, 1.165) is 27.6 Å². The third kappa shape index (κ3) is 3.90. The maximum absolute atomic E-state index is 12.9. The zero-order valence-electron chi connectivity index (χ0n) is 17.0. The first-order valence-corrected chi connectivity index (χ1v) is 10.9. The summed E-state index contributed by atoms with van der Waals surface area (Å²) in [6.07, 6.45) is 1.73. The molecule has 0 saturated heterocycles. The molecule has 31 heavy (non-hydrogen) atoms. The molecule has 0 saturated carbocycles. The van der Waals surface area contributed by atoms with Crippen molar-refractivity contribution in [3.63, 3.8) is 0 Å². The van der Waals surface area contributed by atoms with E-state index in [1.165, 1.54) is 11.3 Å². The monoisotopic (exact) mass is 427 g/mol. The van der Waals surface area contributed by atoms with Crippen LogP contribution in [0.25, 0.3) is 0 Å². The number of pyridine rings is 1. The van der Waals surface area contributed by atoms with E-state index >= 15 is 0 Å². The lowest BCUT2D eigenvalue weighted by Gasteiger charge is -2.21. The number of nitrogens with one attached hydrogen (secondary N) is 1. The predicted molar refractivity (Wildman–Crippen MR) is 123 cm³/mol. The second-order valence-corrected chi connectivity index (χ2v) is 8.43. The molecule has 5 nitrogen and oxygen atoms in total. The number of thiophene rings is 1. The van der Waals surface area contributed by atoms with Crippen molar-refractivity contribution in [2.24, 2.45) is 0 Å². The van der Waals surface area contributed by atoms with Crippen molar-refractivity contribution in [3.05, 3.63) is 101 Å². The van der Waals surface area contributed by atoms with E-state index in [1.807, 2.05) is 79.7 Å². The summed E-state index contributed by atoms with van der Waals surface area (Å²) in [6.45, 7) is 2.63. The van der Waals surface area contributed by atoms with Gasteiger partial charge >= 0.3 is 0 Å². The van der Waals surface area contributed by atoms with Crippen LogP contribution < -0.4 is 15.0 Å². The van der Waals surface area contributed by atoms with Gasteiger partial charge in [-0.15, -0.1) is 11.3 Å². The molecule has 0 aliphatic carbocycles. The highest BCUT2D eigenvalue weighted by Crippen LogP contribution is 2.43. The molecule has 2 aromatic carbocycles. The highest BCUT2D eigenvalue weighted by molar-refractivity contribution is 7.18. The molecule has 2 aromatic heterocycles. The molecule has 1 amide bonds. The minimum absolute atomic E-state index is 0.0670. The second-order valence-electron chi connectivity index (χ2n) is 7.37. The predicted octanol–water partition coefficient (Wildman–Crippen LogP) is 6.08. The van der Waals surface area contributed by atoms with Crippen LogP contribution in [0.2, 0.25) is 0 Å². The Hall–Kier alpha value is -3.64. The van der Waals surface area contributed by atoms with Crippen LogP contribution in [0.3, 0.4) is 0 Å². The van der Waals surface area contributed by atoms with Gasteiger partial charge in [0, 0.05) is 11.8 Å². The lowest BCUT2D eigenvalue weighted by molar-refractivity contribution is 0.0944.